The Balaban J connectivity index is 2.53. The molecule has 0 bridgehead atoms. The van der Waals surface area contributed by atoms with Gasteiger partial charge in [-0.05, 0) is 74.3 Å². The van der Waals surface area contributed by atoms with Crippen LogP contribution in [0.2, 0.25) is 0 Å². The van der Waals surface area contributed by atoms with E-state index in [0.29, 0.717) is 0 Å². The molecular weight excluding hydrogens is 372 g/mol. The van der Waals surface area contributed by atoms with E-state index in [1.807, 2.05) is 0 Å². The van der Waals surface area contributed by atoms with Crippen molar-refractivity contribution in [1.29, 1.82) is 0 Å². The summed E-state index contributed by atoms with van der Waals surface area (Å²) in [7, 11) is 0. The molecular formula is C31H48. The molecule has 0 saturated carbocycles. The Morgan fingerprint density at radius 3 is 1.45 bits per heavy atom. The Kier molecular flexibility index (Phi) is 7.26. The first-order chi connectivity index (χ1) is 13.9. The Hall–Kier alpha value is -1.56. The van der Waals surface area contributed by atoms with Crippen LogP contribution in [-0.4, -0.2) is 0 Å². The van der Waals surface area contributed by atoms with Gasteiger partial charge in [0, 0.05) is 0 Å². The van der Waals surface area contributed by atoms with Gasteiger partial charge in [0.25, 0.3) is 0 Å². The zero-order chi connectivity index (χ0) is 23.8. The predicted octanol–water partition coefficient (Wildman–Crippen LogP) is 9.05. The maximum atomic E-state index is 2.42. The Labute approximate surface area is 193 Å². The van der Waals surface area contributed by atoms with Crippen LogP contribution in [0.25, 0.3) is 0 Å². The van der Waals surface area contributed by atoms with Crippen LogP contribution in [0.3, 0.4) is 0 Å². The summed E-state index contributed by atoms with van der Waals surface area (Å²) in [6, 6.07) is 13.9. The molecule has 2 rings (SSSR count). The molecule has 0 amide bonds. The third kappa shape index (κ3) is 6.24. The number of benzene rings is 2. The van der Waals surface area contributed by atoms with Crippen molar-refractivity contribution in [3.63, 3.8) is 0 Å². The lowest BCUT2D eigenvalue weighted by Gasteiger charge is -2.36. The average Bonchev–Trinajstić information content (AvgIpc) is 2.58. The van der Waals surface area contributed by atoms with E-state index in [-0.39, 0.29) is 21.7 Å². The highest BCUT2D eigenvalue weighted by Gasteiger charge is 2.31. The van der Waals surface area contributed by atoms with Gasteiger partial charge >= 0.3 is 0 Å². The minimum Gasteiger partial charge on any atom is -0.0620 e. The second kappa shape index (κ2) is 8.76. The third-order valence-electron chi connectivity index (χ3n) is 6.38. The van der Waals surface area contributed by atoms with E-state index >= 15 is 0 Å². The molecule has 0 aliphatic rings. The lowest BCUT2D eigenvalue weighted by Crippen LogP contribution is -2.27. The van der Waals surface area contributed by atoms with Crippen LogP contribution >= 0.6 is 0 Å². The van der Waals surface area contributed by atoms with E-state index in [0.717, 1.165) is 12.8 Å². The number of rotatable bonds is 4. The number of aryl methyl sites for hydroxylation is 1. The van der Waals surface area contributed by atoms with Crippen molar-refractivity contribution < 1.29 is 0 Å². The van der Waals surface area contributed by atoms with E-state index in [2.05, 4.69) is 119 Å². The average molecular weight is 421 g/mol. The quantitative estimate of drug-likeness (QED) is 0.462. The summed E-state index contributed by atoms with van der Waals surface area (Å²) in [5.74, 6) is 0. The standard InChI is InChI=1S/C31H48/c1-28(2,3)24-19-14-13-16-22(24)17-15-18-23-25(29(4,5)6)20-21-26(30(7,8)9)27(23)31(10,11)12/h13-14,16,19-21H,15,17-18H2,1-12H3. The van der Waals surface area contributed by atoms with Gasteiger partial charge in [0.05, 0.1) is 0 Å². The summed E-state index contributed by atoms with van der Waals surface area (Å²) in [4.78, 5) is 0. The van der Waals surface area contributed by atoms with Crippen molar-refractivity contribution in [2.75, 3.05) is 0 Å². The molecule has 0 nitrogen and oxygen atoms in total. The van der Waals surface area contributed by atoms with Gasteiger partial charge in [-0.1, -0.05) is 119 Å². The van der Waals surface area contributed by atoms with E-state index in [9.17, 15) is 0 Å². The fourth-order valence-electron chi connectivity index (χ4n) is 5.02. The molecule has 0 aliphatic heterocycles. The number of hydrogen-bond acceptors (Lipinski definition) is 0. The summed E-state index contributed by atoms with van der Waals surface area (Å²) in [6.45, 7) is 28.3. The van der Waals surface area contributed by atoms with E-state index in [4.69, 9.17) is 0 Å². The summed E-state index contributed by atoms with van der Waals surface area (Å²) in [5, 5.41) is 0. The minimum absolute atomic E-state index is 0.128. The van der Waals surface area contributed by atoms with Gasteiger partial charge in [-0.15, -0.1) is 0 Å². The van der Waals surface area contributed by atoms with Gasteiger partial charge in [-0.2, -0.15) is 0 Å². The highest BCUT2D eigenvalue weighted by Crippen LogP contribution is 2.41. The molecule has 0 heteroatoms. The molecule has 0 aromatic heterocycles. The van der Waals surface area contributed by atoms with Crippen LogP contribution in [0.4, 0.5) is 0 Å². The zero-order valence-corrected chi connectivity index (χ0v) is 22.6. The van der Waals surface area contributed by atoms with Crippen LogP contribution in [0, 0.1) is 0 Å². The minimum atomic E-state index is 0.128. The molecule has 0 saturated heterocycles. The fraction of sp³-hybridized carbons (Fsp3) is 0.613. The Morgan fingerprint density at radius 1 is 0.484 bits per heavy atom. The normalized spacial score (nSPS) is 13.5. The Morgan fingerprint density at radius 2 is 0.968 bits per heavy atom. The molecule has 0 atom stereocenters. The molecule has 0 unspecified atom stereocenters. The topological polar surface area (TPSA) is 0 Å². The second-order valence-corrected chi connectivity index (χ2v) is 13.5. The molecule has 31 heavy (non-hydrogen) atoms. The van der Waals surface area contributed by atoms with Gasteiger partial charge in [0.2, 0.25) is 0 Å². The third-order valence-corrected chi connectivity index (χ3v) is 6.38. The maximum absolute atomic E-state index is 2.42. The lowest BCUT2D eigenvalue weighted by molar-refractivity contribution is 0.512. The van der Waals surface area contributed by atoms with Crippen LogP contribution in [0.15, 0.2) is 36.4 Å². The SMILES string of the molecule is CC(C)(C)c1ccccc1CCCc1c(C(C)(C)C)ccc(C(C)(C)C)c1C(C)(C)C. The first-order valence-corrected chi connectivity index (χ1v) is 12.2. The van der Waals surface area contributed by atoms with Gasteiger partial charge in [-0.25, -0.2) is 0 Å². The van der Waals surface area contributed by atoms with Gasteiger partial charge in [0.1, 0.15) is 0 Å². The maximum Gasteiger partial charge on any atom is -0.0126 e. The van der Waals surface area contributed by atoms with Crippen molar-refractivity contribution in [2.24, 2.45) is 0 Å². The predicted molar refractivity (Wildman–Crippen MR) is 140 cm³/mol. The van der Waals surface area contributed by atoms with Crippen molar-refractivity contribution in [3.05, 3.63) is 69.8 Å². The summed E-state index contributed by atoms with van der Waals surface area (Å²) in [5.41, 5.74) is 9.83. The lowest BCUT2D eigenvalue weighted by atomic mass is 9.68. The van der Waals surface area contributed by atoms with Gasteiger partial charge in [-0.3, -0.25) is 0 Å². The smallest absolute Gasteiger partial charge is 0.0126 e. The summed E-state index contributed by atoms with van der Waals surface area (Å²) < 4.78 is 0. The van der Waals surface area contributed by atoms with Gasteiger partial charge < -0.3 is 0 Å². The molecule has 0 aliphatic carbocycles. The van der Waals surface area contributed by atoms with Crippen LogP contribution < -0.4 is 0 Å². The largest absolute Gasteiger partial charge is 0.0620 e. The van der Waals surface area contributed by atoms with Crippen molar-refractivity contribution in [3.8, 4) is 0 Å². The van der Waals surface area contributed by atoms with Crippen molar-refractivity contribution >= 4 is 0 Å². The molecule has 0 N–H and O–H groups in total. The molecule has 2 aromatic rings. The van der Waals surface area contributed by atoms with E-state index < -0.39 is 0 Å². The number of hydrogen-bond donors (Lipinski definition) is 0. The van der Waals surface area contributed by atoms with Crippen LogP contribution in [-0.2, 0) is 34.5 Å². The summed E-state index contributed by atoms with van der Waals surface area (Å²) >= 11 is 0. The van der Waals surface area contributed by atoms with Crippen LogP contribution in [0.1, 0.15) is 123 Å². The molecule has 0 heterocycles. The monoisotopic (exact) mass is 420 g/mol. The highest BCUT2D eigenvalue weighted by atomic mass is 14.4. The van der Waals surface area contributed by atoms with Crippen molar-refractivity contribution in [2.45, 2.75) is 124 Å². The molecule has 0 radical (unpaired) electrons. The zero-order valence-electron chi connectivity index (χ0n) is 22.6. The second-order valence-electron chi connectivity index (χ2n) is 13.5. The van der Waals surface area contributed by atoms with E-state index in [1.54, 1.807) is 11.1 Å². The van der Waals surface area contributed by atoms with Gasteiger partial charge in [0.15, 0.2) is 0 Å². The molecule has 0 fully saturated rings. The first kappa shape index (κ1) is 25.7. The first-order valence-electron chi connectivity index (χ1n) is 12.2. The van der Waals surface area contributed by atoms with Crippen LogP contribution in [0.5, 0.6) is 0 Å². The Bertz CT molecular complexity index is 884. The molecule has 2 aromatic carbocycles. The fourth-order valence-corrected chi connectivity index (χ4v) is 5.02. The molecule has 172 valence electrons. The summed E-state index contributed by atoms with van der Waals surface area (Å²) in [6.07, 6.45) is 3.47. The van der Waals surface area contributed by atoms with Crippen molar-refractivity contribution in [1.82, 2.24) is 0 Å². The molecule has 0 spiro atoms. The van der Waals surface area contributed by atoms with E-state index in [1.165, 1.54) is 28.7 Å². The highest BCUT2D eigenvalue weighted by molar-refractivity contribution is 5.50.